The lowest BCUT2D eigenvalue weighted by atomic mass is 10.0. The number of hydrogen-bond acceptors (Lipinski definition) is 9. The molecule has 2 saturated heterocycles. The van der Waals surface area contributed by atoms with E-state index in [0.717, 1.165) is 147 Å². The summed E-state index contributed by atoms with van der Waals surface area (Å²) in [5.74, 6) is -2.82. The average molecular weight is 1220 g/mol. The van der Waals surface area contributed by atoms with Crippen molar-refractivity contribution in [2.75, 3.05) is 62.3 Å². The summed E-state index contributed by atoms with van der Waals surface area (Å²) in [6.07, 6.45) is 40.8. The van der Waals surface area contributed by atoms with Crippen LogP contribution in [-0.2, 0) is 4.74 Å². The summed E-state index contributed by atoms with van der Waals surface area (Å²) >= 11 is 0. The van der Waals surface area contributed by atoms with E-state index < -0.39 is 34.4 Å². The van der Waals surface area contributed by atoms with Crippen molar-refractivity contribution in [1.82, 2.24) is 14.5 Å². The monoisotopic (exact) mass is 1220 g/mol. The fourth-order valence-electron chi connectivity index (χ4n) is 11.3. The Morgan fingerprint density at radius 3 is 1.28 bits per heavy atom. The van der Waals surface area contributed by atoms with Gasteiger partial charge in [0.25, 0.3) is 0 Å². The van der Waals surface area contributed by atoms with Crippen LogP contribution in [0.3, 0.4) is 0 Å². The highest BCUT2D eigenvalue weighted by atomic mass is 19.1. The first-order valence-electron chi connectivity index (χ1n) is 32.8. The van der Waals surface area contributed by atoms with Gasteiger partial charge in [-0.15, -0.1) is 0 Å². The number of carboxylic acid groups (broad SMARTS) is 1. The molecule has 0 spiro atoms. The van der Waals surface area contributed by atoms with Crippen molar-refractivity contribution in [3.05, 3.63) is 173 Å². The maximum Gasteiger partial charge on any atom is 0.343 e. The number of anilines is 2. The second-order valence-corrected chi connectivity index (χ2v) is 25.6. The van der Waals surface area contributed by atoms with Gasteiger partial charge in [-0.3, -0.25) is 9.59 Å². The van der Waals surface area contributed by atoms with Crippen LogP contribution in [0.25, 0.3) is 21.8 Å². The second kappa shape index (κ2) is 36.1. The predicted octanol–water partition coefficient (Wildman–Crippen LogP) is 17.5. The van der Waals surface area contributed by atoms with Gasteiger partial charge in [0.15, 0.2) is 0 Å². The van der Waals surface area contributed by atoms with E-state index in [-0.39, 0.29) is 47.2 Å². The third kappa shape index (κ3) is 23.1. The maximum atomic E-state index is 15.2. The molecule has 12 nitrogen and oxygen atoms in total. The number of esters is 1. The number of carbonyl (C=O) groups is 2. The highest BCUT2D eigenvalue weighted by Gasteiger charge is 2.30. The Morgan fingerprint density at radius 1 is 0.517 bits per heavy atom. The molecule has 0 unspecified atom stereocenters. The van der Waals surface area contributed by atoms with Crippen molar-refractivity contribution in [3.63, 3.8) is 0 Å². The molecule has 14 heteroatoms. The first-order chi connectivity index (χ1) is 42.6. The quantitative estimate of drug-likeness (QED) is 0.0389. The molecule has 0 bridgehead atoms. The van der Waals surface area contributed by atoms with E-state index in [9.17, 15) is 28.7 Å². The fourth-order valence-corrected chi connectivity index (χ4v) is 11.3. The zero-order chi connectivity index (χ0) is 64.6. The summed E-state index contributed by atoms with van der Waals surface area (Å²) in [6.45, 7) is 26.4. The first-order valence-corrected chi connectivity index (χ1v) is 32.8. The topological polar surface area (TPSA) is 146 Å². The van der Waals surface area contributed by atoms with E-state index in [2.05, 4.69) is 104 Å². The molecule has 2 aliphatic carbocycles. The van der Waals surface area contributed by atoms with Crippen molar-refractivity contribution >= 4 is 45.1 Å². The number of nitrogens with one attached hydrogen (secondary N) is 1. The SMILES string of the molecule is CC(C)=CCC/C(C)=C/CC/C(C)=C/CC/C(C)=C/CO.CC(C)=CCC/C(C)=C/CC/C(C)=C/CC/C(C)=C/COC(=O)c1cn(C2CC2)c2cc(N3CCNCC3)c(F)cc2c1=O.O=C(O)c1cn(C2CC2)c2cc(N3CCCCC3)c(F)cc2c1=O. The van der Waals surface area contributed by atoms with Crippen LogP contribution >= 0.6 is 0 Å². The van der Waals surface area contributed by atoms with E-state index >= 15 is 4.39 Å². The minimum absolute atomic E-state index is 0.0374. The van der Waals surface area contributed by atoms with Gasteiger partial charge >= 0.3 is 11.9 Å². The van der Waals surface area contributed by atoms with Gasteiger partial charge in [0.05, 0.1) is 29.0 Å². The summed E-state index contributed by atoms with van der Waals surface area (Å²) < 4.78 is 39.2. The number of carbonyl (C=O) groups excluding carboxylic acids is 1. The van der Waals surface area contributed by atoms with Gasteiger partial charge in [-0.25, -0.2) is 18.4 Å². The summed E-state index contributed by atoms with van der Waals surface area (Å²) in [6, 6.07) is 6.42. The van der Waals surface area contributed by atoms with Gasteiger partial charge in [-0.2, -0.15) is 0 Å². The molecular formula is C75H103F2N5O7. The number of ether oxygens (including phenoxy) is 1. The van der Waals surface area contributed by atoms with Crippen molar-refractivity contribution in [3.8, 4) is 0 Å². The van der Waals surface area contributed by atoms with Crippen molar-refractivity contribution in [2.24, 2.45) is 0 Å². The van der Waals surface area contributed by atoms with Gasteiger partial charge < -0.3 is 39.2 Å². The number of aliphatic hydroxyl groups is 1. The molecule has 0 radical (unpaired) electrons. The van der Waals surface area contributed by atoms with Gasteiger partial charge in [0, 0.05) is 74.5 Å². The average Bonchev–Trinajstić information content (AvgIpc) is 1.80. The number of halogens is 2. The molecular weight excluding hydrogens is 1120 g/mol. The number of piperazine rings is 1. The molecule has 2 aliphatic heterocycles. The number of rotatable bonds is 27. The highest BCUT2D eigenvalue weighted by molar-refractivity contribution is 5.95. The Bertz CT molecular complexity index is 3440. The lowest BCUT2D eigenvalue weighted by Crippen LogP contribution is -2.43. The number of hydrogen-bond donors (Lipinski definition) is 3. The van der Waals surface area contributed by atoms with Crippen molar-refractivity contribution in [2.45, 2.75) is 203 Å². The first kappa shape index (κ1) is 71.2. The van der Waals surface area contributed by atoms with Crippen molar-refractivity contribution in [1.29, 1.82) is 0 Å². The molecule has 2 aromatic heterocycles. The Hall–Kier alpha value is -6.90. The number of aliphatic hydroxyl groups excluding tert-OH is 1. The highest BCUT2D eigenvalue weighted by Crippen LogP contribution is 2.40. The van der Waals surface area contributed by atoms with Crippen LogP contribution in [0.2, 0.25) is 0 Å². The number of aromatic carboxylic acids is 1. The number of nitrogens with zero attached hydrogens (tertiary/aromatic N) is 4. The van der Waals surface area contributed by atoms with Gasteiger partial charge in [-0.1, -0.05) is 87.1 Å². The summed E-state index contributed by atoms with van der Waals surface area (Å²) in [5.41, 5.74) is 11.9. The number of aromatic nitrogens is 2. The van der Waals surface area contributed by atoms with Crippen LogP contribution in [0.5, 0.6) is 0 Å². The number of fused-ring (bicyclic) bond motifs is 2. The number of benzene rings is 2. The summed E-state index contributed by atoms with van der Waals surface area (Å²) in [4.78, 5) is 54.2. The molecule has 2 aromatic carbocycles. The van der Waals surface area contributed by atoms with Gasteiger partial charge in [0.1, 0.15) is 29.4 Å². The van der Waals surface area contributed by atoms with E-state index in [4.69, 9.17) is 9.84 Å². The largest absolute Gasteiger partial charge is 0.477 e. The van der Waals surface area contributed by atoms with Crippen LogP contribution in [-0.4, -0.2) is 83.8 Å². The number of piperidine rings is 1. The van der Waals surface area contributed by atoms with Gasteiger partial charge in [0.2, 0.25) is 10.9 Å². The third-order valence-electron chi connectivity index (χ3n) is 17.1. The summed E-state index contributed by atoms with van der Waals surface area (Å²) in [5, 5.41) is 21.7. The third-order valence-corrected chi connectivity index (χ3v) is 17.1. The Balaban J connectivity index is 0.000000236. The molecule has 2 saturated carbocycles. The van der Waals surface area contributed by atoms with E-state index in [1.807, 2.05) is 38.0 Å². The van der Waals surface area contributed by atoms with Crippen LogP contribution in [0.1, 0.15) is 224 Å². The molecule has 0 atom stereocenters. The van der Waals surface area contributed by atoms with Crippen molar-refractivity contribution < 1.29 is 33.3 Å². The minimum atomic E-state index is -1.27. The molecule has 484 valence electrons. The van der Waals surface area contributed by atoms with E-state index in [1.54, 1.807) is 18.3 Å². The normalized spacial score (nSPS) is 16.2. The molecule has 3 N–H and O–H groups in total. The van der Waals surface area contributed by atoms with E-state index in [0.29, 0.717) is 35.5 Å². The smallest absolute Gasteiger partial charge is 0.343 e. The zero-order valence-corrected chi connectivity index (χ0v) is 55.3. The number of allylic oxidation sites excluding steroid dienone is 14. The predicted molar refractivity (Wildman–Crippen MR) is 365 cm³/mol. The molecule has 4 aliphatic rings. The molecule has 8 rings (SSSR count). The lowest BCUT2D eigenvalue weighted by Gasteiger charge is -2.30. The summed E-state index contributed by atoms with van der Waals surface area (Å²) in [7, 11) is 0. The van der Waals surface area contributed by atoms with Crippen LogP contribution in [0, 0.1) is 11.6 Å². The molecule has 4 aromatic rings. The van der Waals surface area contributed by atoms with Crippen LogP contribution in [0.4, 0.5) is 20.2 Å². The fraction of sp³-hybridized carbons (Fsp3) is 0.520. The second-order valence-electron chi connectivity index (χ2n) is 25.6. The Morgan fingerprint density at radius 2 is 0.888 bits per heavy atom. The molecule has 89 heavy (non-hydrogen) atoms. The lowest BCUT2D eigenvalue weighted by molar-refractivity contribution is 0.0546. The Labute approximate surface area is 529 Å². The molecule has 0 amide bonds. The number of carboxylic acids is 1. The molecule has 4 heterocycles. The zero-order valence-electron chi connectivity index (χ0n) is 55.3. The van der Waals surface area contributed by atoms with Crippen LogP contribution < -0.4 is 26.0 Å². The standard InChI is InChI=1S/C37H50FN3O3.C20H34O.C18H19FN2O3/c1-26(2)9-6-10-27(3)11-7-12-28(4)13-8-14-29(5)17-22-44-37(43)32-25-41(30-15-16-30)34-24-35(40-20-18-39-19-21-40)33(38)23-31(34)36(32)42;1-17(2)9-6-10-18(3)11-7-12-19(4)13-8-14-20(5)15-16-21;19-14-8-12-15(9-16(14)20-6-2-1-3-7-20)21(11-4-5-11)10-13(17(12)22)18(23)24/h9,11,13,17,23-25,30,39H,6-8,10,12,14-16,18-22H2,1-5H3;9,11,13,15,21H,6-8,10,12,14,16H2,1-5H3;8-11H,1-7H2,(H,23,24)/b27-11+,28-13+,29-17+;18-11+,19-13+,20-15+;. The molecule has 4 fully saturated rings. The van der Waals surface area contributed by atoms with E-state index in [1.165, 1.54) is 63.8 Å². The Kier molecular flexibility index (Phi) is 28.9. The van der Waals surface area contributed by atoms with Gasteiger partial charge in [-0.05, 0) is 222 Å². The number of pyridine rings is 2. The minimum Gasteiger partial charge on any atom is -0.477 e. The maximum absolute atomic E-state index is 15.2. The van der Waals surface area contributed by atoms with Crippen LogP contribution in [0.15, 0.2) is 139 Å².